The molecular formula is C14H9FN2O3. The molecule has 2 aromatic rings. The monoisotopic (exact) mass is 272 g/mol. The maximum atomic E-state index is 13.2. The zero-order valence-electron chi connectivity index (χ0n) is 10.2. The van der Waals surface area contributed by atoms with Gasteiger partial charge in [-0.1, -0.05) is 6.07 Å². The lowest BCUT2D eigenvalue weighted by Gasteiger charge is -2.07. The second-order valence-electron chi connectivity index (χ2n) is 4.12. The SMILES string of the molecule is N#Cc1cc(Cn2cc(C(=O)O)ccc2=O)ccc1F. The minimum Gasteiger partial charge on any atom is -0.478 e. The molecule has 1 heterocycles. The molecule has 0 aliphatic heterocycles. The van der Waals surface area contributed by atoms with E-state index in [-0.39, 0.29) is 23.2 Å². The fourth-order valence-electron chi connectivity index (χ4n) is 1.73. The Bertz CT molecular complexity index is 775. The number of hydrogen-bond acceptors (Lipinski definition) is 3. The highest BCUT2D eigenvalue weighted by atomic mass is 19.1. The van der Waals surface area contributed by atoms with Crippen molar-refractivity contribution in [2.24, 2.45) is 0 Å². The molecule has 0 aliphatic rings. The number of aromatic nitrogens is 1. The number of carboxylic acid groups (broad SMARTS) is 1. The van der Waals surface area contributed by atoms with Crippen LogP contribution in [0.3, 0.4) is 0 Å². The Morgan fingerprint density at radius 2 is 2.10 bits per heavy atom. The van der Waals surface area contributed by atoms with Crippen molar-refractivity contribution in [1.29, 1.82) is 5.26 Å². The molecule has 0 spiro atoms. The van der Waals surface area contributed by atoms with E-state index in [1.165, 1.54) is 29.0 Å². The highest BCUT2D eigenvalue weighted by molar-refractivity contribution is 5.87. The molecule has 0 saturated carbocycles. The van der Waals surface area contributed by atoms with Gasteiger partial charge in [-0.25, -0.2) is 9.18 Å². The summed E-state index contributed by atoms with van der Waals surface area (Å²) in [6.45, 7) is 0.0644. The van der Waals surface area contributed by atoms with Crippen molar-refractivity contribution in [2.45, 2.75) is 6.54 Å². The van der Waals surface area contributed by atoms with Gasteiger partial charge in [-0.3, -0.25) is 4.79 Å². The number of pyridine rings is 1. The molecule has 1 aromatic carbocycles. The van der Waals surface area contributed by atoms with Gasteiger partial charge >= 0.3 is 5.97 Å². The molecule has 0 saturated heterocycles. The van der Waals surface area contributed by atoms with Gasteiger partial charge in [0.2, 0.25) is 0 Å². The van der Waals surface area contributed by atoms with Crippen molar-refractivity contribution in [3.05, 3.63) is 69.4 Å². The zero-order chi connectivity index (χ0) is 14.7. The largest absolute Gasteiger partial charge is 0.478 e. The molecule has 100 valence electrons. The lowest BCUT2D eigenvalue weighted by molar-refractivity contribution is 0.0696. The molecule has 0 radical (unpaired) electrons. The van der Waals surface area contributed by atoms with E-state index in [1.807, 2.05) is 0 Å². The Labute approximate surface area is 113 Å². The number of nitrogens with zero attached hydrogens (tertiary/aromatic N) is 2. The van der Waals surface area contributed by atoms with Gasteiger partial charge in [0.1, 0.15) is 11.9 Å². The lowest BCUT2D eigenvalue weighted by Crippen LogP contribution is -2.20. The number of aromatic carboxylic acids is 1. The standard InChI is InChI=1S/C14H9FN2O3/c15-12-3-1-9(5-11(12)6-16)7-17-8-10(14(19)20)2-4-13(17)18/h1-5,8H,7H2,(H,19,20). The fourth-order valence-corrected chi connectivity index (χ4v) is 1.73. The third-order valence-corrected chi connectivity index (χ3v) is 2.73. The first-order chi connectivity index (χ1) is 9.51. The van der Waals surface area contributed by atoms with Crippen LogP contribution in [0.15, 0.2) is 41.3 Å². The molecule has 2 rings (SSSR count). The first-order valence-electron chi connectivity index (χ1n) is 5.63. The average Bonchev–Trinajstić information content (AvgIpc) is 2.43. The molecular weight excluding hydrogens is 263 g/mol. The Morgan fingerprint density at radius 3 is 2.75 bits per heavy atom. The van der Waals surface area contributed by atoms with Gasteiger partial charge in [0.15, 0.2) is 0 Å². The summed E-state index contributed by atoms with van der Waals surface area (Å²) >= 11 is 0. The molecule has 0 bridgehead atoms. The van der Waals surface area contributed by atoms with Crippen molar-refractivity contribution in [3.8, 4) is 6.07 Å². The maximum Gasteiger partial charge on any atom is 0.337 e. The highest BCUT2D eigenvalue weighted by Gasteiger charge is 2.07. The lowest BCUT2D eigenvalue weighted by atomic mass is 10.1. The van der Waals surface area contributed by atoms with E-state index in [0.717, 1.165) is 12.1 Å². The summed E-state index contributed by atoms with van der Waals surface area (Å²) in [5.74, 6) is -1.78. The van der Waals surface area contributed by atoms with E-state index in [2.05, 4.69) is 0 Å². The third kappa shape index (κ3) is 2.72. The van der Waals surface area contributed by atoms with Crippen LogP contribution in [0.5, 0.6) is 0 Å². The topological polar surface area (TPSA) is 83.1 Å². The van der Waals surface area contributed by atoms with Crippen LogP contribution in [-0.4, -0.2) is 15.6 Å². The number of carbonyl (C=O) groups is 1. The molecule has 6 heteroatoms. The van der Waals surface area contributed by atoms with Crippen LogP contribution >= 0.6 is 0 Å². The van der Waals surface area contributed by atoms with E-state index in [1.54, 1.807) is 6.07 Å². The summed E-state index contributed by atoms with van der Waals surface area (Å²) in [4.78, 5) is 22.5. The second-order valence-corrected chi connectivity index (χ2v) is 4.12. The minimum absolute atomic E-state index is 0.0211. The first-order valence-corrected chi connectivity index (χ1v) is 5.63. The Morgan fingerprint density at radius 1 is 1.35 bits per heavy atom. The number of rotatable bonds is 3. The fraction of sp³-hybridized carbons (Fsp3) is 0.0714. The quantitative estimate of drug-likeness (QED) is 0.920. The second kappa shape index (κ2) is 5.36. The smallest absolute Gasteiger partial charge is 0.337 e. The maximum absolute atomic E-state index is 13.2. The van der Waals surface area contributed by atoms with Gasteiger partial charge in [0.25, 0.3) is 5.56 Å². The van der Waals surface area contributed by atoms with Gasteiger partial charge in [-0.15, -0.1) is 0 Å². The van der Waals surface area contributed by atoms with Crippen LogP contribution in [-0.2, 0) is 6.54 Å². The van der Waals surface area contributed by atoms with Crippen LogP contribution < -0.4 is 5.56 Å². The number of nitriles is 1. The van der Waals surface area contributed by atoms with Gasteiger partial charge in [-0.2, -0.15) is 5.26 Å². The predicted molar refractivity (Wildman–Crippen MR) is 67.9 cm³/mol. The van der Waals surface area contributed by atoms with E-state index in [4.69, 9.17) is 10.4 Å². The predicted octanol–water partition coefficient (Wildman–Crippen LogP) is 1.61. The number of hydrogen-bond donors (Lipinski definition) is 1. The zero-order valence-corrected chi connectivity index (χ0v) is 10.2. The van der Waals surface area contributed by atoms with Crippen LogP contribution in [0.4, 0.5) is 4.39 Å². The Hall–Kier alpha value is -2.94. The normalized spacial score (nSPS) is 10.0. The van der Waals surface area contributed by atoms with Crippen molar-refractivity contribution in [1.82, 2.24) is 4.57 Å². The van der Waals surface area contributed by atoms with Crippen molar-refractivity contribution in [3.63, 3.8) is 0 Å². The van der Waals surface area contributed by atoms with Crippen LogP contribution in [0.25, 0.3) is 0 Å². The molecule has 5 nitrogen and oxygen atoms in total. The molecule has 1 N–H and O–H groups in total. The summed E-state index contributed by atoms with van der Waals surface area (Å²) in [5, 5.41) is 17.6. The molecule has 1 aromatic heterocycles. The molecule has 0 fully saturated rings. The Kier molecular flexibility index (Phi) is 3.62. The van der Waals surface area contributed by atoms with Crippen molar-refractivity contribution >= 4 is 5.97 Å². The Balaban J connectivity index is 2.40. The number of benzene rings is 1. The number of halogens is 1. The van der Waals surface area contributed by atoms with Gasteiger partial charge in [0.05, 0.1) is 17.7 Å². The summed E-state index contributed by atoms with van der Waals surface area (Å²) in [7, 11) is 0. The van der Waals surface area contributed by atoms with E-state index >= 15 is 0 Å². The molecule has 0 amide bonds. The van der Waals surface area contributed by atoms with Gasteiger partial charge in [-0.05, 0) is 23.8 Å². The van der Waals surface area contributed by atoms with Gasteiger partial charge < -0.3 is 9.67 Å². The summed E-state index contributed by atoms with van der Waals surface area (Å²) < 4.78 is 14.4. The van der Waals surface area contributed by atoms with Crippen LogP contribution in [0.2, 0.25) is 0 Å². The highest BCUT2D eigenvalue weighted by Crippen LogP contribution is 2.10. The molecule has 0 aliphatic carbocycles. The van der Waals surface area contributed by atoms with Crippen LogP contribution in [0.1, 0.15) is 21.5 Å². The molecule has 20 heavy (non-hydrogen) atoms. The summed E-state index contributed by atoms with van der Waals surface area (Å²) in [5.41, 5.74) is 0.0163. The third-order valence-electron chi connectivity index (χ3n) is 2.73. The van der Waals surface area contributed by atoms with E-state index in [0.29, 0.717) is 5.56 Å². The number of carboxylic acids is 1. The average molecular weight is 272 g/mol. The first kappa shape index (κ1) is 13.5. The van der Waals surface area contributed by atoms with Crippen molar-refractivity contribution < 1.29 is 14.3 Å². The molecule has 0 atom stereocenters. The molecule has 0 unspecified atom stereocenters. The van der Waals surface area contributed by atoms with Crippen LogP contribution in [0, 0.1) is 17.1 Å². The van der Waals surface area contributed by atoms with E-state index in [9.17, 15) is 14.0 Å². The minimum atomic E-state index is -1.14. The van der Waals surface area contributed by atoms with E-state index < -0.39 is 11.8 Å². The van der Waals surface area contributed by atoms with Crippen molar-refractivity contribution in [2.75, 3.05) is 0 Å². The van der Waals surface area contributed by atoms with Gasteiger partial charge in [0, 0.05) is 12.3 Å². The summed E-state index contributed by atoms with van der Waals surface area (Å²) in [6.07, 6.45) is 1.21. The summed E-state index contributed by atoms with van der Waals surface area (Å²) in [6, 6.07) is 7.98.